The standard InChI is InChI=1S/C19H16ClN5O2/c1-11-18(20)12(2)25(24-11)14-7-5-13(6-8-14)21-19(26)16-10-15(22-23-16)17-4-3-9-27-17/h3-10H,1-2H3,(H,21,26)(H,22,23). The van der Waals surface area contributed by atoms with Gasteiger partial charge in [-0.25, -0.2) is 4.68 Å². The molecular weight excluding hydrogens is 366 g/mol. The third-order valence-corrected chi connectivity index (χ3v) is 4.72. The van der Waals surface area contributed by atoms with Gasteiger partial charge in [-0.05, 0) is 50.2 Å². The van der Waals surface area contributed by atoms with Crippen LogP contribution in [-0.4, -0.2) is 25.9 Å². The Morgan fingerprint density at radius 3 is 2.63 bits per heavy atom. The largest absolute Gasteiger partial charge is 0.463 e. The smallest absolute Gasteiger partial charge is 0.276 e. The number of nitrogens with zero attached hydrogens (tertiary/aromatic N) is 3. The molecule has 0 fully saturated rings. The Morgan fingerprint density at radius 2 is 2.00 bits per heavy atom. The van der Waals surface area contributed by atoms with E-state index in [0.717, 1.165) is 17.1 Å². The van der Waals surface area contributed by atoms with Crippen molar-refractivity contribution >= 4 is 23.2 Å². The molecule has 0 spiro atoms. The lowest BCUT2D eigenvalue weighted by Gasteiger charge is -2.07. The zero-order valence-corrected chi connectivity index (χ0v) is 15.4. The zero-order chi connectivity index (χ0) is 19.0. The molecule has 4 aromatic rings. The highest BCUT2D eigenvalue weighted by molar-refractivity contribution is 6.31. The van der Waals surface area contributed by atoms with Crippen LogP contribution in [0.4, 0.5) is 5.69 Å². The average molecular weight is 382 g/mol. The molecule has 0 atom stereocenters. The second-order valence-electron chi connectivity index (χ2n) is 6.04. The summed E-state index contributed by atoms with van der Waals surface area (Å²) in [6.07, 6.45) is 1.56. The van der Waals surface area contributed by atoms with Gasteiger partial charge in [-0.15, -0.1) is 0 Å². The number of aryl methyl sites for hydroxylation is 1. The van der Waals surface area contributed by atoms with Gasteiger partial charge in [0, 0.05) is 11.8 Å². The number of H-pyrrole nitrogens is 1. The number of hydrogen-bond acceptors (Lipinski definition) is 4. The molecule has 0 unspecified atom stereocenters. The van der Waals surface area contributed by atoms with E-state index in [1.54, 1.807) is 41.3 Å². The number of hydrogen-bond donors (Lipinski definition) is 2. The quantitative estimate of drug-likeness (QED) is 0.549. The monoisotopic (exact) mass is 381 g/mol. The van der Waals surface area contributed by atoms with Gasteiger partial charge >= 0.3 is 0 Å². The lowest BCUT2D eigenvalue weighted by atomic mass is 10.2. The first-order chi connectivity index (χ1) is 13.0. The number of rotatable bonds is 4. The lowest BCUT2D eigenvalue weighted by Crippen LogP contribution is -2.12. The van der Waals surface area contributed by atoms with Gasteiger partial charge in [-0.2, -0.15) is 10.2 Å². The van der Waals surface area contributed by atoms with Crippen LogP contribution in [0.2, 0.25) is 5.02 Å². The molecule has 0 aliphatic heterocycles. The highest BCUT2D eigenvalue weighted by Gasteiger charge is 2.14. The Labute approximate surface area is 160 Å². The molecule has 7 nitrogen and oxygen atoms in total. The van der Waals surface area contributed by atoms with Gasteiger partial charge in [0.25, 0.3) is 5.91 Å². The maximum absolute atomic E-state index is 12.4. The molecule has 1 amide bonds. The van der Waals surface area contributed by atoms with Crippen LogP contribution in [0.5, 0.6) is 0 Å². The van der Waals surface area contributed by atoms with E-state index in [2.05, 4.69) is 20.6 Å². The number of furan rings is 1. The first-order valence-corrected chi connectivity index (χ1v) is 8.63. The number of aromatic nitrogens is 4. The normalized spacial score (nSPS) is 10.9. The maximum Gasteiger partial charge on any atom is 0.276 e. The Balaban J connectivity index is 1.50. The third kappa shape index (κ3) is 3.24. The van der Waals surface area contributed by atoms with Gasteiger partial charge in [0.2, 0.25) is 0 Å². The number of halogens is 1. The minimum atomic E-state index is -0.314. The fraction of sp³-hybridized carbons (Fsp3) is 0.105. The van der Waals surface area contributed by atoms with Crippen molar-refractivity contribution in [2.45, 2.75) is 13.8 Å². The van der Waals surface area contributed by atoms with Crippen LogP contribution in [0.3, 0.4) is 0 Å². The third-order valence-electron chi connectivity index (χ3n) is 4.17. The van der Waals surface area contributed by atoms with E-state index in [1.807, 2.05) is 26.0 Å². The Hall–Kier alpha value is -3.32. The van der Waals surface area contributed by atoms with Crippen LogP contribution in [0.1, 0.15) is 21.9 Å². The summed E-state index contributed by atoms with van der Waals surface area (Å²) in [5, 5.41) is 14.7. The molecule has 0 radical (unpaired) electrons. The van der Waals surface area contributed by atoms with Gasteiger partial charge in [0.05, 0.1) is 28.4 Å². The van der Waals surface area contributed by atoms with Crippen molar-refractivity contribution in [1.29, 1.82) is 0 Å². The fourth-order valence-electron chi connectivity index (χ4n) is 2.75. The summed E-state index contributed by atoms with van der Waals surface area (Å²) >= 11 is 6.20. The van der Waals surface area contributed by atoms with E-state index in [0.29, 0.717) is 22.2 Å². The number of amides is 1. The summed E-state index contributed by atoms with van der Waals surface area (Å²) < 4.78 is 7.06. The summed E-state index contributed by atoms with van der Waals surface area (Å²) in [5.74, 6) is 0.306. The van der Waals surface area contributed by atoms with Gasteiger partial charge in [-0.1, -0.05) is 11.6 Å². The molecule has 0 aliphatic carbocycles. The zero-order valence-electron chi connectivity index (χ0n) is 14.7. The molecule has 0 aliphatic rings. The van der Waals surface area contributed by atoms with E-state index in [9.17, 15) is 4.79 Å². The highest BCUT2D eigenvalue weighted by Crippen LogP contribution is 2.23. The summed E-state index contributed by atoms with van der Waals surface area (Å²) in [7, 11) is 0. The lowest BCUT2D eigenvalue weighted by molar-refractivity contribution is 0.102. The molecule has 8 heteroatoms. The van der Waals surface area contributed by atoms with Crippen LogP contribution in [0, 0.1) is 13.8 Å². The van der Waals surface area contributed by atoms with Crippen molar-refractivity contribution in [1.82, 2.24) is 20.0 Å². The maximum atomic E-state index is 12.4. The Kier molecular flexibility index (Phi) is 4.29. The van der Waals surface area contributed by atoms with E-state index in [4.69, 9.17) is 16.0 Å². The van der Waals surface area contributed by atoms with Crippen molar-refractivity contribution < 1.29 is 9.21 Å². The molecule has 4 rings (SSSR count). The molecule has 136 valence electrons. The molecule has 3 aromatic heterocycles. The molecule has 2 N–H and O–H groups in total. The van der Waals surface area contributed by atoms with Crippen LogP contribution >= 0.6 is 11.6 Å². The molecule has 0 saturated heterocycles. The van der Waals surface area contributed by atoms with E-state index in [-0.39, 0.29) is 11.6 Å². The van der Waals surface area contributed by atoms with Gasteiger partial charge in [-0.3, -0.25) is 9.89 Å². The highest BCUT2D eigenvalue weighted by atomic mass is 35.5. The number of anilines is 1. The second kappa shape index (κ2) is 6.77. The van der Waals surface area contributed by atoms with Gasteiger partial charge in [0.15, 0.2) is 11.5 Å². The first kappa shape index (κ1) is 17.1. The van der Waals surface area contributed by atoms with Crippen LogP contribution in [0.15, 0.2) is 53.1 Å². The molecular formula is C19H16ClN5O2. The van der Waals surface area contributed by atoms with E-state index >= 15 is 0 Å². The summed E-state index contributed by atoms with van der Waals surface area (Å²) in [4.78, 5) is 12.4. The average Bonchev–Trinajstić information content (AvgIpc) is 3.40. The molecule has 3 heterocycles. The number of nitrogens with one attached hydrogen (secondary N) is 2. The molecule has 27 heavy (non-hydrogen) atoms. The number of carbonyl (C=O) groups excluding carboxylic acids is 1. The fourth-order valence-corrected chi connectivity index (χ4v) is 2.87. The predicted octanol–water partition coefficient (Wildman–Crippen LogP) is 4.38. The summed E-state index contributed by atoms with van der Waals surface area (Å²) in [6, 6.07) is 12.5. The van der Waals surface area contributed by atoms with E-state index < -0.39 is 0 Å². The minimum Gasteiger partial charge on any atom is -0.463 e. The SMILES string of the molecule is Cc1nn(-c2ccc(NC(=O)c3cc(-c4ccco4)[nH]n3)cc2)c(C)c1Cl. The van der Waals surface area contributed by atoms with Crippen molar-refractivity contribution in [3.05, 3.63) is 70.8 Å². The minimum absolute atomic E-state index is 0.274. The molecule has 0 saturated carbocycles. The summed E-state index contributed by atoms with van der Waals surface area (Å²) in [5.41, 5.74) is 4.07. The van der Waals surface area contributed by atoms with Crippen molar-refractivity contribution in [3.63, 3.8) is 0 Å². The Bertz CT molecular complexity index is 1090. The second-order valence-corrected chi connectivity index (χ2v) is 6.42. The summed E-state index contributed by atoms with van der Waals surface area (Å²) in [6.45, 7) is 3.77. The van der Waals surface area contributed by atoms with Gasteiger partial charge < -0.3 is 9.73 Å². The van der Waals surface area contributed by atoms with Crippen molar-refractivity contribution in [2.75, 3.05) is 5.32 Å². The van der Waals surface area contributed by atoms with Crippen molar-refractivity contribution in [2.24, 2.45) is 0 Å². The van der Waals surface area contributed by atoms with Gasteiger partial charge in [0.1, 0.15) is 5.69 Å². The topological polar surface area (TPSA) is 88.7 Å². The number of benzene rings is 1. The Morgan fingerprint density at radius 1 is 1.22 bits per heavy atom. The number of carbonyl (C=O) groups is 1. The predicted molar refractivity (Wildman–Crippen MR) is 102 cm³/mol. The molecule has 1 aromatic carbocycles. The van der Waals surface area contributed by atoms with Crippen LogP contribution in [-0.2, 0) is 0 Å². The first-order valence-electron chi connectivity index (χ1n) is 8.26. The number of aromatic amines is 1. The van der Waals surface area contributed by atoms with E-state index in [1.165, 1.54) is 0 Å². The van der Waals surface area contributed by atoms with Crippen LogP contribution in [0.25, 0.3) is 17.1 Å². The van der Waals surface area contributed by atoms with Crippen LogP contribution < -0.4 is 5.32 Å². The van der Waals surface area contributed by atoms with Crippen molar-refractivity contribution in [3.8, 4) is 17.1 Å². The molecule has 0 bridgehead atoms.